The van der Waals surface area contributed by atoms with E-state index in [0.717, 1.165) is 42.9 Å². The second-order valence-electron chi connectivity index (χ2n) is 5.69. The molecule has 0 spiro atoms. The highest BCUT2D eigenvalue weighted by Crippen LogP contribution is 2.15. The molecule has 1 fully saturated rings. The molecule has 0 bridgehead atoms. The van der Waals surface area contributed by atoms with Crippen LogP contribution in [-0.2, 0) is 11.3 Å². The summed E-state index contributed by atoms with van der Waals surface area (Å²) in [5.41, 5.74) is 0.842. The first-order valence-electron chi connectivity index (χ1n) is 7.71. The summed E-state index contributed by atoms with van der Waals surface area (Å²) < 4.78 is 1.01. The van der Waals surface area contributed by atoms with Gasteiger partial charge in [-0.25, -0.2) is 0 Å². The van der Waals surface area contributed by atoms with Crippen LogP contribution in [0.5, 0.6) is 0 Å². The fourth-order valence-corrected chi connectivity index (χ4v) is 3.68. The highest BCUT2D eigenvalue weighted by Gasteiger charge is 2.19. The van der Waals surface area contributed by atoms with Crippen molar-refractivity contribution in [2.45, 2.75) is 6.54 Å². The van der Waals surface area contributed by atoms with Crippen molar-refractivity contribution in [3.05, 3.63) is 51.1 Å². The maximum absolute atomic E-state index is 12.1. The second kappa shape index (κ2) is 8.06. The number of carbonyl (C=O) groups excluding carboxylic acids is 1. The molecule has 1 aliphatic heterocycles. The average Bonchev–Trinajstić information content (AvgIpc) is 3.04. The van der Waals surface area contributed by atoms with Crippen molar-refractivity contribution in [3.63, 3.8) is 0 Å². The number of piperazine rings is 1. The van der Waals surface area contributed by atoms with Crippen LogP contribution in [0.2, 0.25) is 0 Å². The predicted molar refractivity (Wildman–Crippen MR) is 98.8 cm³/mol. The third-order valence-electron chi connectivity index (χ3n) is 3.92. The Balaban J connectivity index is 1.41. The Morgan fingerprint density at radius 3 is 2.43 bits per heavy atom. The molecule has 0 aliphatic carbocycles. The highest BCUT2D eigenvalue weighted by molar-refractivity contribution is 9.10. The first-order valence-corrected chi connectivity index (χ1v) is 9.39. The van der Waals surface area contributed by atoms with Crippen LogP contribution in [-0.4, -0.2) is 48.4 Å². The van der Waals surface area contributed by atoms with Crippen molar-refractivity contribution in [1.82, 2.24) is 9.80 Å². The van der Waals surface area contributed by atoms with Crippen molar-refractivity contribution in [3.8, 4) is 0 Å². The van der Waals surface area contributed by atoms with Gasteiger partial charge in [0.2, 0.25) is 5.91 Å². The van der Waals surface area contributed by atoms with Gasteiger partial charge in [0.15, 0.2) is 0 Å². The van der Waals surface area contributed by atoms with Crippen LogP contribution in [0.4, 0.5) is 5.69 Å². The maximum Gasteiger partial charge on any atom is 0.238 e. The minimum Gasteiger partial charge on any atom is -0.325 e. The lowest BCUT2D eigenvalue weighted by molar-refractivity contribution is -0.117. The van der Waals surface area contributed by atoms with E-state index in [2.05, 4.69) is 48.6 Å². The molecule has 0 atom stereocenters. The van der Waals surface area contributed by atoms with Gasteiger partial charge >= 0.3 is 0 Å². The lowest BCUT2D eigenvalue weighted by Crippen LogP contribution is -2.48. The predicted octanol–water partition coefficient (Wildman–Crippen LogP) is 3.27. The van der Waals surface area contributed by atoms with Gasteiger partial charge in [-0.05, 0) is 35.7 Å². The van der Waals surface area contributed by atoms with Gasteiger partial charge in [-0.15, -0.1) is 11.3 Å². The molecule has 23 heavy (non-hydrogen) atoms. The molecule has 6 heteroatoms. The van der Waals surface area contributed by atoms with Gasteiger partial charge in [0.05, 0.1) is 6.54 Å². The molecular weight excluding hydrogens is 374 g/mol. The van der Waals surface area contributed by atoms with Gasteiger partial charge in [0, 0.05) is 47.8 Å². The first kappa shape index (κ1) is 16.6. The topological polar surface area (TPSA) is 35.6 Å². The van der Waals surface area contributed by atoms with Crippen molar-refractivity contribution >= 4 is 38.9 Å². The number of halogens is 1. The molecule has 1 aromatic heterocycles. The fraction of sp³-hybridized carbons (Fsp3) is 0.353. The summed E-state index contributed by atoms with van der Waals surface area (Å²) in [5.74, 6) is 0.0547. The van der Waals surface area contributed by atoms with Gasteiger partial charge in [0.25, 0.3) is 0 Å². The number of carbonyl (C=O) groups is 1. The Morgan fingerprint density at radius 2 is 1.78 bits per heavy atom. The van der Waals surface area contributed by atoms with Crippen LogP contribution in [0, 0.1) is 0 Å². The minimum absolute atomic E-state index is 0.0547. The molecule has 0 unspecified atom stereocenters. The quantitative estimate of drug-likeness (QED) is 0.846. The highest BCUT2D eigenvalue weighted by atomic mass is 79.9. The van der Waals surface area contributed by atoms with Gasteiger partial charge in [-0.1, -0.05) is 22.0 Å². The van der Waals surface area contributed by atoms with Crippen LogP contribution in [0.25, 0.3) is 0 Å². The molecule has 0 radical (unpaired) electrons. The van der Waals surface area contributed by atoms with Gasteiger partial charge in [-0.2, -0.15) is 0 Å². The fourth-order valence-electron chi connectivity index (χ4n) is 2.67. The third-order valence-corrected chi connectivity index (χ3v) is 5.31. The van der Waals surface area contributed by atoms with Crippen molar-refractivity contribution < 1.29 is 4.79 Å². The normalized spacial score (nSPS) is 16.4. The SMILES string of the molecule is O=C(CN1CCN(Cc2cccs2)CC1)Nc1ccc(Br)cc1. The monoisotopic (exact) mass is 393 g/mol. The van der Waals surface area contributed by atoms with E-state index in [1.54, 1.807) is 0 Å². The zero-order valence-corrected chi connectivity index (χ0v) is 15.3. The van der Waals surface area contributed by atoms with E-state index in [9.17, 15) is 4.79 Å². The van der Waals surface area contributed by atoms with Crippen LogP contribution >= 0.6 is 27.3 Å². The van der Waals surface area contributed by atoms with E-state index in [0.29, 0.717) is 6.54 Å². The molecule has 3 rings (SSSR count). The summed E-state index contributed by atoms with van der Waals surface area (Å²) in [7, 11) is 0. The van der Waals surface area contributed by atoms with E-state index in [1.807, 2.05) is 35.6 Å². The molecule has 2 aromatic rings. The Labute approximate surface area is 149 Å². The molecule has 122 valence electrons. The number of benzene rings is 1. The van der Waals surface area contributed by atoms with Gasteiger partial charge in [-0.3, -0.25) is 14.6 Å². The molecule has 1 saturated heterocycles. The van der Waals surface area contributed by atoms with E-state index >= 15 is 0 Å². The molecule has 1 N–H and O–H groups in total. The molecule has 2 heterocycles. The average molecular weight is 394 g/mol. The lowest BCUT2D eigenvalue weighted by atomic mass is 10.3. The van der Waals surface area contributed by atoms with Crippen molar-refractivity contribution in [1.29, 1.82) is 0 Å². The molecule has 1 aromatic carbocycles. The minimum atomic E-state index is 0.0547. The summed E-state index contributed by atoms with van der Waals surface area (Å²) in [5, 5.41) is 5.07. The summed E-state index contributed by atoms with van der Waals surface area (Å²) >= 11 is 5.20. The number of hydrogen-bond donors (Lipinski definition) is 1. The Morgan fingerprint density at radius 1 is 1.09 bits per heavy atom. The number of rotatable bonds is 5. The number of nitrogens with one attached hydrogen (secondary N) is 1. The molecule has 1 aliphatic rings. The van der Waals surface area contributed by atoms with Crippen molar-refractivity contribution in [2.75, 3.05) is 38.0 Å². The number of anilines is 1. The number of thiophene rings is 1. The number of amides is 1. The molecule has 0 saturated carbocycles. The molecular formula is C17H20BrN3OS. The van der Waals surface area contributed by atoms with E-state index < -0.39 is 0 Å². The largest absolute Gasteiger partial charge is 0.325 e. The van der Waals surface area contributed by atoms with E-state index in [-0.39, 0.29) is 5.91 Å². The standard InChI is InChI=1S/C17H20BrN3OS/c18-14-3-5-15(6-4-14)19-17(22)13-21-9-7-20(8-10-21)12-16-2-1-11-23-16/h1-6,11H,7-10,12-13H2,(H,19,22). The van der Waals surface area contributed by atoms with Gasteiger partial charge in [0.1, 0.15) is 0 Å². The summed E-state index contributed by atoms with van der Waals surface area (Å²) in [6.07, 6.45) is 0. The molecule has 1 amide bonds. The van der Waals surface area contributed by atoms with Crippen LogP contribution in [0.1, 0.15) is 4.88 Å². The second-order valence-corrected chi connectivity index (χ2v) is 7.63. The smallest absolute Gasteiger partial charge is 0.238 e. The maximum atomic E-state index is 12.1. The lowest BCUT2D eigenvalue weighted by Gasteiger charge is -2.34. The zero-order chi connectivity index (χ0) is 16.1. The summed E-state index contributed by atoms with van der Waals surface area (Å²) in [4.78, 5) is 18.2. The number of nitrogens with zero attached hydrogens (tertiary/aromatic N) is 2. The van der Waals surface area contributed by atoms with Gasteiger partial charge < -0.3 is 5.32 Å². The number of hydrogen-bond acceptors (Lipinski definition) is 4. The Hall–Kier alpha value is -1.21. The Bertz CT molecular complexity index is 622. The van der Waals surface area contributed by atoms with Crippen LogP contribution < -0.4 is 5.32 Å². The zero-order valence-electron chi connectivity index (χ0n) is 12.9. The van der Waals surface area contributed by atoms with Crippen LogP contribution in [0.3, 0.4) is 0 Å². The van der Waals surface area contributed by atoms with Crippen molar-refractivity contribution in [2.24, 2.45) is 0 Å². The van der Waals surface area contributed by atoms with Crippen LogP contribution in [0.15, 0.2) is 46.3 Å². The summed E-state index contributed by atoms with van der Waals surface area (Å²) in [6.45, 7) is 5.41. The summed E-state index contributed by atoms with van der Waals surface area (Å²) in [6, 6.07) is 11.9. The Kier molecular flexibility index (Phi) is 5.83. The molecule has 4 nitrogen and oxygen atoms in total. The third kappa shape index (κ3) is 5.14. The first-order chi connectivity index (χ1) is 11.2. The van der Waals surface area contributed by atoms with E-state index in [4.69, 9.17) is 0 Å². The van der Waals surface area contributed by atoms with E-state index in [1.165, 1.54) is 4.88 Å².